The van der Waals surface area contributed by atoms with Crippen molar-refractivity contribution in [1.29, 1.82) is 0 Å². The Morgan fingerprint density at radius 2 is 2.14 bits per heavy atom. The summed E-state index contributed by atoms with van der Waals surface area (Å²) < 4.78 is 13.9. The Kier molecular flexibility index (Phi) is 4.00. The molecule has 1 aromatic rings. The molecule has 0 bridgehead atoms. The second-order valence-corrected chi connectivity index (χ2v) is 6.20. The molecule has 2 N–H and O–H groups in total. The van der Waals surface area contributed by atoms with E-state index in [0.29, 0.717) is 17.0 Å². The second-order valence-electron chi connectivity index (χ2n) is 5.79. The molecule has 0 saturated heterocycles. The van der Waals surface area contributed by atoms with Crippen molar-refractivity contribution in [2.75, 3.05) is 0 Å². The maximum atomic E-state index is 13.9. The first-order chi connectivity index (χ1) is 10.1. The molecular weight excluding hydrogens is 291 g/mol. The molecule has 112 valence electrons. The van der Waals surface area contributed by atoms with Crippen molar-refractivity contribution in [2.45, 2.75) is 37.9 Å². The number of amides is 1. The number of halogens is 2. The average molecular weight is 309 g/mol. The first kappa shape index (κ1) is 14.5. The van der Waals surface area contributed by atoms with Crippen LogP contribution >= 0.6 is 11.6 Å². The molecule has 2 unspecified atom stereocenters. The van der Waals surface area contributed by atoms with Gasteiger partial charge in [0.15, 0.2) is 0 Å². The molecule has 21 heavy (non-hydrogen) atoms. The molecule has 0 radical (unpaired) electrons. The summed E-state index contributed by atoms with van der Waals surface area (Å²) in [6, 6.07) is 4.75. The highest BCUT2D eigenvalue weighted by molar-refractivity contribution is 6.31. The number of benzene rings is 1. The highest BCUT2D eigenvalue weighted by Crippen LogP contribution is 2.33. The van der Waals surface area contributed by atoms with Crippen molar-refractivity contribution in [3.8, 4) is 0 Å². The number of carbonyl (C=O) groups is 1. The number of hydrogen-bond donors (Lipinski definition) is 1. The van der Waals surface area contributed by atoms with Gasteiger partial charge in [0, 0.05) is 22.7 Å². The van der Waals surface area contributed by atoms with Crippen LogP contribution in [0.1, 0.15) is 24.8 Å². The van der Waals surface area contributed by atoms with Crippen LogP contribution in [0.15, 0.2) is 30.4 Å². The summed E-state index contributed by atoms with van der Waals surface area (Å²) in [5, 5.41) is 0.368. The minimum Gasteiger partial charge on any atom is -0.335 e. The van der Waals surface area contributed by atoms with Crippen LogP contribution in [0.4, 0.5) is 4.39 Å². The Morgan fingerprint density at radius 1 is 1.38 bits per heavy atom. The summed E-state index contributed by atoms with van der Waals surface area (Å²) in [4.78, 5) is 14.4. The Morgan fingerprint density at radius 3 is 2.71 bits per heavy atom. The molecule has 1 aromatic carbocycles. The van der Waals surface area contributed by atoms with Crippen molar-refractivity contribution >= 4 is 17.5 Å². The topological polar surface area (TPSA) is 46.3 Å². The monoisotopic (exact) mass is 308 g/mol. The summed E-state index contributed by atoms with van der Waals surface area (Å²) in [7, 11) is 0. The summed E-state index contributed by atoms with van der Waals surface area (Å²) in [6.07, 6.45) is 6.31. The van der Waals surface area contributed by atoms with Crippen LogP contribution in [0, 0.1) is 11.7 Å². The highest BCUT2D eigenvalue weighted by atomic mass is 35.5. The van der Waals surface area contributed by atoms with E-state index in [2.05, 4.69) is 0 Å². The highest BCUT2D eigenvalue weighted by Gasteiger charge is 2.37. The summed E-state index contributed by atoms with van der Waals surface area (Å²) >= 11 is 6.07. The first-order valence-electron chi connectivity index (χ1n) is 7.23. The van der Waals surface area contributed by atoms with Gasteiger partial charge < -0.3 is 10.6 Å². The maximum absolute atomic E-state index is 13.9. The van der Waals surface area contributed by atoms with E-state index < -0.39 is 0 Å². The lowest BCUT2D eigenvalue weighted by atomic mass is 10.1. The molecule has 1 fully saturated rings. The Hall–Kier alpha value is -1.39. The Labute approximate surface area is 128 Å². The number of nitrogens with zero attached hydrogens (tertiary/aromatic N) is 1. The molecule has 3 nitrogen and oxygen atoms in total. The molecule has 0 aliphatic heterocycles. The lowest BCUT2D eigenvalue weighted by Crippen LogP contribution is -2.37. The van der Waals surface area contributed by atoms with Crippen molar-refractivity contribution in [3.63, 3.8) is 0 Å². The van der Waals surface area contributed by atoms with Crippen molar-refractivity contribution in [3.05, 3.63) is 46.8 Å². The third-order valence-corrected chi connectivity index (χ3v) is 4.45. The van der Waals surface area contributed by atoms with E-state index in [1.807, 2.05) is 12.2 Å². The van der Waals surface area contributed by atoms with Crippen molar-refractivity contribution in [2.24, 2.45) is 11.7 Å². The van der Waals surface area contributed by atoms with E-state index in [-0.39, 0.29) is 36.3 Å². The molecule has 5 heteroatoms. The van der Waals surface area contributed by atoms with Gasteiger partial charge in [-0.3, -0.25) is 4.79 Å². The van der Waals surface area contributed by atoms with Gasteiger partial charge in [-0.2, -0.15) is 0 Å². The second kappa shape index (κ2) is 5.78. The molecule has 2 aliphatic rings. The van der Waals surface area contributed by atoms with Crippen LogP contribution in [0.3, 0.4) is 0 Å². The first-order valence-corrected chi connectivity index (χ1v) is 7.61. The minimum absolute atomic E-state index is 0.0287. The quantitative estimate of drug-likeness (QED) is 0.869. The van der Waals surface area contributed by atoms with Crippen LogP contribution < -0.4 is 5.73 Å². The molecule has 1 saturated carbocycles. The predicted octanol–water partition coefficient (Wildman–Crippen LogP) is 2.87. The fourth-order valence-corrected chi connectivity index (χ4v) is 2.97. The molecule has 1 amide bonds. The Balaban J connectivity index is 1.79. The van der Waals surface area contributed by atoms with Gasteiger partial charge in [0.05, 0.1) is 12.5 Å². The summed E-state index contributed by atoms with van der Waals surface area (Å²) in [5.74, 6) is -0.521. The van der Waals surface area contributed by atoms with Gasteiger partial charge >= 0.3 is 0 Å². The third kappa shape index (κ3) is 3.11. The number of carbonyl (C=O) groups excluding carboxylic acids is 1. The fourth-order valence-electron chi connectivity index (χ4n) is 2.75. The van der Waals surface area contributed by atoms with Gasteiger partial charge in [0.25, 0.3) is 0 Å². The van der Waals surface area contributed by atoms with Crippen molar-refractivity contribution in [1.82, 2.24) is 4.90 Å². The van der Waals surface area contributed by atoms with Crippen LogP contribution in [0.2, 0.25) is 5.02 Å². The van der Waals surface area contributed by atoms with E-state index >= 15 is 0 Å². The van der Waals surface area contributed by atoms with Crippen LogP contribution in [-0.4, -0.2) is 22.9 Å². The number of hydrogen-bond acceptors (Lipinski definition) is 2. The zero-order valence-electron chi connectivity index (χ0n) is 11.6. The fraction of sp³-hybridized carbons (Fsp3) is 0.438. The lowest BCUT2D eigenvalue weighted by Gasteiger charge is -2.26. The van der Waals surface area contributed by atoms with E-state index in [1.54, 1.807) is 17.0 Å². The molecular formula is C16H18ClFN2O. The number of nitrogens with two attached hydrogens (primary N) is 1. The molecule has 2 atom stereocenters. The molecule has 2 aliphatic carbocycles. The molecule has 0 aromatic heterocycles. The Bertz CT molecular complexity index is 565. The van der Waals surface area contributed by atoms with Gasteiger partial charge in [0.1, 0.15) is 5.82 Å². The summed E-state index contributed by atoms with van der Waals surface area (Å²) in [6.45, 7) is 0.231. The SMILES string of the molecule is NC1C=CC(C(=O)N(Cc2c(F)cccc2Cl)C2CC2)C1. The molecule has 0 spiro atoms. The third-order valence-electron chi connectivity index (χ3n) is 4.09. The van der Waals surface area contributed by atoms with E-state index in [0.717, 1.165) is 12.8 Å². The smallest absolute Gasteiger partial charge is 0.230 e. The normalized spacial score (nSPS) is 24.3. The van der Waals surface area contributed by atoms with Crippen molar-refractivity contribution < 1.29 is 9.18 Å². The van der Waals surface area contributed by atoms with Gasteiger partial charge in [-0.15, -0.1) is 0 Å². The van der Waals surface area contributed by atoms with Crippen LogP contribution in [0.25, 0.3) is 0 Å². The number of rotatable bonds is 4. The van der Waals surface area contributed by atoms with E-state index in [4.69, 9.17) is 17.3 Å². The molecule has 3 rings (SSSR count). The van der Waals surface area contributed by atoms with Gasteiger partial charge in [-0.05, 0) is 31.4 Å². The van der Waals surface area contributed by atoms with Crippen LogP contribution in [-0.2, 0) is 11.3 Å². The largest absolute Gasteiger partial charge is 0.335 e. The zero-order valence-corrected chi connectivity index (χ0v) is 12.4. The van der Waals surface area contributed by atoms with E-state index in [9.17, 15) is 9.18 Å². The maximum Gasteiger partial charge on any atom is 0.230 e. The van der Waals surface area contributed by atoms with Gasteiger partial charge in [-0.25, -0.2) is 4.39 Å². The summed E-state index contributed by atoms with van der Waals surface area (Å²) in [5.41, 5.74) is 6.21. The van der Waals surface area contributed by atoms with Gasteiger partial charge in [0.2, 0.25) is 5.91 Å². The lowest BCUT2D eigenvalue weighted by molar-refractivity contribution is -0.135. The van der Waals surface area contributed by atoms with E-state index in [1.165, 1.54) is 6.07 Å². The zero-order chi connectivity index (χ0) is 15.0. The minimum atomic E-state index is -0.361. The standard InChI is InChI=1S/C16H18ClFN2O/c17-14-2-1-3-15(18)13(14)9-20(12-6-7-12)16(21)10-4-5-11(19)8-10/h1-5,10-12H,6-9,19H2. The van der Waals surface area contributed by atoms with Gasteiger partial charge in [-0.1, -0.05) is 29.8 Å². The average Bonchev–Trinajstić information content (AvgIpc) is 3.19. The van der Waals surface area contributed by atoms with Crippen LogP contribution in [0.5, 0.6) is 0 Å². The predicted molar refractivity (Wildman–Crippen MR) is 80.2 cm³/mol. The molecule has 0 heterocycles.